The predicted molar refractivity (Wildman–Crippen MR) is 80.8 cm³/mol. The molecule has 0 spiro atoms. The Morgan fingerprint density at radius 1 is 1.48 bits per heavy atom. The number of aromatic nitrogens is 1. The molecule has 2 heterocycles. The van der Waals surface area contributed by atoms with Gasteiger partial charge in [-0.1, -0.05) is 12.2 Å². The van der Waals surface area contributed by atoms with E-state index in [-0.39, 0.29) is 22.8 Å². The molecule has 2 rings (SSSR count). The Bertz CT molecular complexity index is 559. The van der Waals surface area contributed by atoms with Crippen LogP contribution in [-0.2, 0) is 9.53 Å². The van der Waals surface area contributed by atoms with Crippen molar-refractivity contribution in [2.75, 3.05) is 20.2 Å². The monoisotopic (exact) mass is 307 g/mol. The third-order valence-corrected chi connectivity index (χ3v) is 3.75. The topological polar surface area (TPSA) is 85.5 Å². The number of nitrogens with two attached hydrogens (primary N) is 1. The Balaban J connectivity index is 2.08. The number of hydrogen-bond donors (Lipinski definition) is 1. The molecule has 6 nitrogen and oxygen atoms in total. The van der Waals surface area contributed by atoms with E-state index in [4.69, 9.17) is 22.7 Å². The molecule has 1 amide bonds. The summed E-state index contributed by atoms with van der Waals surface area (Å²) in [6.07, 6.45) is 3.00. The number of amides is 1. The van der Waals surface area contributed by atoms with E-state index in [0.717, 1.165) is 12.8 Å². The van der Waals surface area contributed by atoms with Gasteiger partial charge in [0.25, 0.3) is 5.91 Å². The van der Waals surface area contributed by atoms with Gasteiger partial charge in [-0.2, -0.15) is 0 Å². The Kier molecular flexibility index (Phi) is 4.85. The minimum Gasteiger partial charge on any atom is -0.469 e. The van der Waals surface area contributed by atoms with Crippen LogP contribution in [0.3, 0.4) is 0 Å². The summed E-state index contributed by atoms with van der Waals surface area (Å²) in [5.41, 5.74) is 6.43. The average Bonchev–Trinajstić information content (AvgIpc) is 2.53. The first-order valence-electron chi connectivity index (χ1n) is 6.66. The molecule has 2 N–H and O–H groups in total. The molecule has 1 atom stereocenters. The molecular formula is C14H17N3O3S. The van der Waals surface area contributed by atoms with Gasteiger partial charge in [0.2, 0.25) is 0 Å². The summed E-state index contributed by atoms with van der Waals surface area (Å²) in [5.74, 6) is -0.731. The maximum Gasteiger partial charge on any atom is 0.310 e. The van der Waals surface area contributed by atoms with Crippen LogP contribution in [0.5, 0.6) is 0 Å². The summed E-state index contributed by atoms with van der Waals surface area (Å²) < 4.78 is 4.74. The summed E-state index contributed by atoms with van der Waals surface area (Å²) >= 11 is 4.84. The third-order valence-electron chi connectivity index (χ3n) is 3.51. The van der Waals surface area contributed by atoms with Crippen molar-refractivity contribution in [2.24, 2.45) is 11.7 Å². The molecule has 1 aliphatic rings. The molecule has 1 aromatic rings. The zero-order chi connectivity index (χ0) is 15.4. The van der Waals surface area contributed by atoms with E-state index in [1.807, 2.05) is 0 Å². The smallest absolute Gasteiger partial charge is 0.310 e. The largest absolute Gasteiger partial charge is 0.469 e. The Morgan fingerprint density at radius 3 is 2.81 bits per heavy atom. The zero-order valence-electron chi connectivity index (χ0n) is 11.7. The number of methoxy groups -OCH3 is 1. The lowest BCUT2D eigenvalue weighted by Crippen LogP contribution is -2.42. The highest BCUT2D eigenvalue weighted by molar-refractivity contribution is 7.80. The van der Waals surface area contributed by atoms with Crippen molar-refractivity contribution >= 4 is 29.1 Å². The quantitative estimate of drug-likeness (QED) is 0.655. The van der Waals surface area contributed by atoms with Gasteiger partial charge in [-0.3, -0.25) is 14.6 Å². The van der Waals surface area contributed by atoms with Gasteiger partial charge in [-0.15, -0.1) is 0 Å². The first kappa shape index (κ1) is 15.4. The van der Waals surface area contributed by atoms with Crippen LogP contribution in [0.2, 0.25) is 0 Å². The molecule has 1 unspecified atom stereocenters. The number of likely N-dealkylation sites (tertiary alicyclic amines) is 1. The van der Waals surface area contributed by atoms with Crippen LogP contribution in [0.4, 0.5) is 0 Å². The molecule has 7 heteroatoms. The van der Waals surface area contributed by atoms with Crippen molar-refractivity contribution in [3.05, 3.63) is 29.6 Å². The van der Waals surface area contributed by atoms with Crippen molar-refractivity contribution in [1.82, 2.24) is 9.88 Å². The van der Waals surface area contributed by atoms with Gasteiger partial charge in [0.1, 0.15) is 10.7 Å². The summed E-state index contributed by atoms with van der Waals surface area (Å²) in [7, 11) is 1.36. The molecule has 0 aliphatic carbocycles. The fraction of sp³-hybridized carbons (Fsp3) is 0.429. The number of rotatable bonds is 3. The highest BCUT2D eigenvalue weighted by Gasteiger charge is 2.29. The molecule has 0 radical (unpaired) electrons. The van der Waals surface area contributed by atoms with E-state index in [1.165, 1.54) is 13.3 Å². The van der Waals surface area contributed by atoms with Crippen LogP contribution in [-0.4, -0.2) is 46.9 Å². The van der Waals surface area contributed by atoms with E-state index in [1.54, 1.807) is 17.0 Å². The zero-order valence-corrected chi connectivity index (χ0v) is 12.6. The summed E-state index contributed by atoms with van der Waals surface area (Å²) in [5, 5.41) is 0. The second-order valence-corrected chi connectivity index (χ2v) is 5.35. The first-order valence-corrected chi connectivity index (χ1v) is 7.06. The van der Waals surface area contributed by atoms with Gasteiger partial charge in [-0.25, -0.2) is 0 Å². The number of carbonyl (C=O) groups excluding carboxylic acids is 2. The van der Waals surface area contributed by atoms with Gasteiger partial charge in [0.15, 0.2) is 0 Å². The van der Waals surface area contributed by atoms with Crippen LogP contribution in [0.25, 0.3) is 0 Å². The second-order valence-electron chi connectivity index (χ2n) is 4.91. The lowest BCUT2D eigenvalue weighted by atomic mass is 9.98. The number of thiocarbonyl (C=S) groups is 1. The van der Waals surface area contributed by atoms with Gasteiger partial charge in [0.05, 0.1) is 13.0 Å². The van der Waals surface area contributed by atoms with Crippen LogP contribution in [0.15, 0.2) is 18.3 Å². The molecule has 0 aromatic carbocycles. The minimum atomic E-state index is -0.274. The summed E-state index contributed by atoms with van der Waals surface area (Å²) in [6.45, 7) is 0.981. The summed E-state index contributed by atoms with van der Waals surface area (Å²) in [6, 6.07) is 3.27. The average molecular weight is 307 g/mol. The number of carbonyl (C=O) groups is 2. The molecule has 1 aromatic heterocycles. The maximum atomic E-state index is 12.4. The Morgan fingerprint density at radius 2 is 2.24 bits per heavy atom. The van der Waals surface area contributed by atoms with Crippen LogP contribution in [0, 0.1) is 5.92 Å². The summed E-state index contributed by atoms with van der Waals surface area (Å²) in [4.78, 5) is 29.9. The van der Waals surface area contributed by atoms with Gasteiger partial charge < -0.3 is 15.4 Å². The maximum absolute atomic E-state index is 12.4. The Labute approximate surface area is 128 Å². The highest BCUT2D eigenvalue weighted by Crippen LogP contribution is 2.19. The van der Waals surface area contributed by atoms with Crippen molar-refractivity contribution in [2.45, 2.75) is 12.8 Å². The van der Waals surface area contributed by atoms with E-state index in [2.05, 4.69) is 4.98 Å². The molecule has 21 heavy (non-hydrogen) atoms. The van der Waals surface area contributed by atoms with Crippen molar-refractivity contribution < 1.29 is 14.3 Å². The third kappa shape index (κ3) is 3.55. The number of hydrogen-bond acceptors (Lipinski definition) is 5. The van der Waals surface area contributed by atoms with E-state index in [0.29, 0.717) is 24.3 Å². The fourth-order valence-corrected chi connectivity index (χ4v) is 2.47. The molecular weight excluding hydrogens is 290 g/mol. The molecule has 0 bridgehead atoms. The number of piperidine rings is 1. The molecule has 1 saturated heterocycles. The van der Waals surface area contributed by atoms with E-state index < -0.39 is 0 Å². The fourth-order valence-electron chi connectivity index (χ4n) is 2.35. The van der Waals surface area contributed by atoms with Crippen LogP contribution < -0.4 is 5.73 Å². The molecule has 1 fully saturated rings. The molecule has 112 valence electrons. The van der Waals surface area contributed by atoms with Gasteiger partial charge in [0, 0.05) is 24.8 Å². The number of nitrogens with zero attached hydrogens (tertiary/aromatic N) is 2. The lowest BCUT2D eigenvalue weighted by Gasteiger charge is -2.31. The van der Waals surface area contributed by atoms with Gasteiger partial charge in [-0.05, 0) is 25.0 Å². The standard InChI is InChI=1S/C14H17N3O3S/c1-20-14(19)10-3-2-6-17(8-10)13(18)11-5-4-9(7-16-11)12(15)21/h4-5,7,10H,2-3,6,8H2,1H3,(H2,15,21). The second kappa shape index (κ2) is 6.62. The highest BCUT2D eigenvalue weighted by atomic mass is 32.1. The lowest BCUT2D eigenvalue weighted by molar-refractivity contribution is -0.146. The number of ether oxygens (including phenoxy) is 1. The van der Waals surface area contributed by atoms with Crippen molar-refractivity contribution in [3.8, 4) is 0 Å². The van der Waals surface area contributed by atoms with E-state index >= 15 is 0 Å². The normalized spacial score (nSPS) is 18.1. The first-order chi connectivity index (χ1) is 10.0. The van der Waals surface area contributed by atoms with Crippen molar-refractivity contribution in [3.63, 3.8) is 0 Å². The van der Waals surface area contributed by atoms with Crippen molar-refractivity contribution in [1.29, 1.82) is 0 Å². The SMILES string of the molecule is COC(=O)C1CCCN(C(=O)c2ccc(C(N)=S)cn2)C1. The predicted octanol–water partition coefficient (Wildman–Crippen LogP) is 0.741. The van der Waals surface area contributed by atoms with E-state index in [9.17, 15) is 9.59 Å². The molecule has 0 saturated carbocycles. The Hall–Kier alpha value is -2.02. The number of esters is 1. The van der Waals surface area contributed by atoms with Crippen LogP contribution in [0.1, 0.15) is 28.9 Å². The van der Waals surface area contributed by atoms with Crippen LogP contribution >= 0.6 is 12.2 Å². The molecule has 1 aliphatic heterocycles. The minimum absolute atomic E-state index is 0.196. The van der Waals surface area contributed by atoms with Gasteiger partial charge >= 0.3 is 5.97 Å². The number of pyridine rings is 1.